The van der Waals surface area contributed by atoms with E-state index in [2.05, 4.69) is 17.4 Å². The van der Waals surface area contributed by atoms with Gasteiger partial charge in [0.25, 0.3) is 5.91 Å². The van der Waals surface area contributed by atoms with Crippen molar-refractivity contribution in [2.24, 2.45) is 0 Å². The Kier molecular flexibility index (Phi) is 4.13. The molecule has 0 heterocycles. The van der Waals surface area contributed by atoms with Gasteiger partial charge in [-0.1, -0.05) is 48.5 Å². The summed E-state index contributed by atoms with van der Waals surface area (Å²) in [6.07, 6.45) is 0.847. The van der Waals surface area contributed by atoms with E-state index in [4.69, 9.17) is 0 Å². The molecule has 0 aromatic heterocycles. The van der Waals surface area contributed by atoms with Crippen LogP contribution < -0.4 is 5.32 Å². The molecule has 1 atom stereocenters. The number of rotatable bonds is 4. The van der Waals surface area contributed by atoms with E-state index in [-0.39, 0.29) is 11.9 Å². The van der Waals surface area contributed by atoms with Crippen LogP contribution in [0.5, 0.6) is 0 Å². The Hall–Kier alpha value is -2.09. The van der Waals surface area contributed by atoms with Crippen LogP contribution in [0.25, 0.3) is 0 Å². The van der Waals surface area contributed by atoms with Crippen molar-refractivity contribution in [3.05, 3.63) is 71.8 Å². The average Bonchev–Trinajstić information content (AvgIpc) is 2.40. The van der Waals surface area contributed by atoms with Crippen LogP contribution in [0.2, 0.25) is 0 Å². The summed E-state index contributed by atoms with van der Waals surface area (Å²) in [7, 11) is 0. The van der Waals surface area contributed by atoms with Crippen LogP contribution in [0, 0.1) is 0 Å². The molecule has 0 fully saturated rings. The lowest BCUT2D eigenvalue weighted by Gasteiger charge is -2.14. The number of nitrogens with one attached hydrogen (secondary N) is 1. The smallest absolute Gasteiger partial charge is 0.251 e. The van der Waals surface area contributed by atoms with Crippen molar-refractivity contribution < 1.29 is 4.79 Å². The Morgan fingerprint density at radius 3 is 2.17 bits per heavy atom. The molecule has 1 amide bonds. The van der Waals surface area contributed by atoms with E-state index in [1.54, 1.807) is 0 Å². The van der Waals surface area contributed by atoms with Crippen LogP contribution in [0.1, 0.15) is 22.8 Å². The number of amides is 1. The number of hydrogen-bond acceptors (Lipinski definition) is 1. The molecule has 0 radical (unpaired) electrons. The standard InChI is InChI=1S/C16H17NO/c1-13(12-14-8-4-2-5-9-14)17-16(18)15-10-6-3-7-11-15/h2-11,13H,12H2,1H3,(H,17,18)/t13-/m1/s1. The SMILES string of the molecule is C[C@H](Cc1ccccc1)NC(=O)c1ccccc1. The van der Waals surface area contributed by atoms with E-state index in [1.807, 2.05) is 55.5 Å². The molecule has 0 saturated carbocycles. The molecule has 0 unspecified atom stereocenters. The lowest BCUT2D eigenvalue weighted by atomic mass is 10.1. The van der Waals surface area contributed by atoms with Gasteiger partial charge in [0.1, 0.15) is 0 Å². The van der Waals surface area contributed by atoms with Crippen molar-refractivity contribution in [1.29, 1.82) is 0 Å². The average molecular weight is 239 g/mol. The molecule has 2 nitrogen and oxygen atoms in total. The van der Waals surface area contributed by atoms with Crippen molar-refractivity contribution in [2.45, 2.75) is 19.4 Å². The van der Waals surface area contributed by atoms with Crippen molar-refractivity contribution in [3.63, 3.8) is 0 Å². The number of carbonyl (C=O) groups excluding carboxylic acids is 1. The molecule has 2 aromatic rings. The van der Waals surface area contributed by atoms with E-state index in [9.17, 15) is 4.79 Å². The quantitative estimate of drug-likeness (QED) is 0.873. The summed E-state index contributed by atoms with van der Waals surface area (Å²) in [6, 6.07) is 19.6. The second-order valence-electron chi connectivity index (χ2n) is 4.43. The zero-order chi connectivity index (χ0) is 12.8. The number of carbonyl (C=O) groups is 1. The first-order valence-corrected chi connectivity index (χ1v) is 6.15. The predicted octanol–water partition coefficient (Wildman–Crippen LogP) is 3.05. The van der Waals surface area contributed by atoms with E-state index in [0.29, 0.717) is 5.56 Å². The summed E-state index contributed by atoms with van der Waals surface area (Å²) in [5, 5.41) is 3.01. The Labute approximate surface area is 108 Å². The lowest BCUT2D eigenvalue weighted by molar-refractivity contribution is 0.0940. The maximum absolute atomic E-state index is 11.9. The van der Waals surface area contributed by atoms with Crippen LogP contribution in [-0.2, 0) is 6.42 Å². The van der Waals surface area contributed by atoms with Crippen LogP contribution in [0.3, 0.4) is 0 Å². The van der Waals surface area contributed by atoms with Gasteiger partial charge in [-0.2, -0.15) is 0 Å². The van der Waals surface area contributed by atoms with Gasteiger partial charge in [0.15, 0.2) is 0 Å². The van der Waals surface area contributed by atoms with Crippen molar-refractivity contribution >= 4 is 5.91 Å². The van der Waals surface area contributed by atoms with Gasteiger partial charge >= 0.3 is 0 Å². The third kappa shape index (κ3) is 3.45. The lowest BCUT2D eigenvalue weighted by Crippen LogP contribution is -2.34. The molecule has 2 aromatic carbocycles. The van der Waals surface area contributed by atoms with E-state index >= 15 is 0 Å². The summed E-state index contributed by atoms with van der Waals surface area (Å²) in [6.45, 7) is 2.02. The largest absolute Gasteiger partial charge is 0.349 e. The summed E-state index contributed by atoms with van der Waals surface area (Å²) < 4.78 is 0. The zero-order valence-electron chi connectivity index (χ0n) is 10.5. The van der Waals surface area contributed by atoms with Gasteiger partial charge < -0.3 is 5.32 Å². The van der Waals surface area contributed by atoms with Crippen molar-refractivity contribution in [2.75, 3.05) is 0 Å². The maximum atomic E-state index is 11.9. The van der Waals surface area contributed by atoms with E-state index in [1.165, 1.54) is 5.56 Å². The highest BCUT2D eigenvalue weighted by Gasteiger charge is 2.09. The topological polar surface area (TPSA) is 29.1 Å². The van der Waals surface area contributed by atoms with Gasteiger partial charge in [-0.3, -0.25) is 4.79 Å². The first kappa shape index (κ1) is 12.4. The first-order valence-electron chi connectivity index (χ1n) is 6.15. The minimum atomic E-state index is -0.0148. The second kappa shape index (κ2) is 6.01. The van der Waals surface area contributed by atoms with Crippen LogP contribution >= 0.6 is 0 Å². The molecule has 2 rings (SSSR count). The molecular weight excluding hydrogens is 222 g/mol. The molecule has 0 bridgehead atoms. The fourth-order valence-electron chi connectivity index (χ4n) is 1.92. The minimum absolute atomic E-state index is 0.0148. The summed E-state index contributed by atoms with van der Waals surface area (Å²) >= 11 is 0. The van der Waals surface area contributed by atoms with Gasteiger partial charge in [-0.25, -0.2) is 0 Å². The highest BCUT2D eigenvalue weighted by atomic mass is 16.1. The second-order valence-corrected chi connectivity index (χ2v) is 4.43. The summed E-state index contributed by atoms with van der Waals surface area (Å²) in [4.78, 5) is 11.9. The fourth-order valence-corrected chi connectivity index (χ4v) is 1.92. The minimum Gasteiger partial charge on any atom is -0.349 e. The number of hydrogen-bond donors (Lipinski definition) is 1. The highest BCUT2D eigenvalue weighted by Crippen LogP contribution is 2.04. The molecule has 18 heavy (non-hydrogen) atoms. The molecule has 0 aliphatic rings. The van der Waals surface area contributed by atoms with E-state index < -0.39 is 0 Å². The van der Waals surface area contributed by atoms with Gasteiger partial charge in [-0.05, 0) is 31.0 Å². The van der Waals surface area contributed by atoms with Crippen LogP contribution in [0.4, 0.5) is 0 Å². The fraction of sp³-hybridized carbons (Fsp3) is 0.188. The van der Waals surface area contributed by atoms with Gasteiger partial charge in [0.2, 0.25) is 0 Å². The Balaban J connectivity index is 1.92. The Bertz CT molecular complexity index is 493. The van der Waals surface area contributed by atoms with Crippen molar-refractivity contribution in [3.8, 4) is 0 Å². The normalized spacial score (nSPS) is 11.8. The van der Waals surface area contributed by atoms with E-state index in [0.717, 1.165) is 6.42 Å². The van der Waals surface area contributed by atoms with Crippen LogP contribution in [0.15, 0.2) is 60.7 Å². The molecule has 0 aliphatic heterocycles. The molecule has 0 spiro atoms. The Morgan fingerprint density at radius 1 is 1.00 bits per heavy atom. The van der Waals surface area contributed by atoms with Crippen molar-refractivity contribution in [1.82, 2.24) is 5.32 Å². The highest BCUT2D eigenvalue weighted by molar-refractivity contribution is 5.94. The maximum Gasteiger partial charge on any atom is 0.251 e. The van der Waals surface area contributed by atoms with Crippen LogP contribution in [-0.4, -0.2) is 11.9 Å². The van der Waals surface area contributed by atoms with Gasteiger partial charge in [0, 0.05) is 11.6 Å². The molecular formula is C16H17NO. The third-order valence-corrected chi connectivity index (χ3v) is 2.80. The summed E-state index contributed by atoms with van der Waals surface area (Å²) in [5.41, 5.74) is 1.94. The molecule has 2 heteroatoms. The first-order chi connectivity index (χ1) is 8.75. The van der Waals surface area contributed by atoms with Gasteiger partial charge in [0.05, 0.1) is 0 Å². The molecule has 0 aliphatic carbocycles. The number of benzene rings is 2. The molecule has 1 N–H and O–H groups in total. The Morgan fingerprint density at radius 2 is 1.56 bits per heavy atom. The van der Waals surface area contributed by atoms with Gasteiger partial charge in [-0.15, -0.1) is 0 Å². The molecule has 0 saturated heterocycles. The summed E-state index contributed by atoms with van der Waals surface area (Å²) in [5.74, 6) is -0.0148. The molecule has 92 valence electrons. The monoisotopic (exact) mass is 239 g/mol. The zero-order valence-corrected chi connectivity index (χ0v) is 10.5. The third-order valence-electron chi connectivity index (χ3n) is 2.80. The predicted molar refractivity (Wildman–Crippen MR) is 73.5 cm³/mol.